The summed E-state index contributed by atoms with van der Waals surface area (Å²) in [5.41, 5.74) is -1.07. The van der Waals surface area contributed by atoms with Crippen LogP contribution in [-0.2, 0) is 15.0 Å². The first-order chi connectivity index (χ1) is 7.99. The average Bonchev–Trinajstić information content (AvgIpc) is 2.52. The SMILES string of the molecule is COc1cccc(F)c1C1(C)CC(=O)NC1=O. The average molecular weight is 237 g/mol. The Hall–Kier alpha value is -1.91. The molecule has 2 rings (SSSR count). The monoisotopic (exact) mass is 237 g/mol. The molecule has 90 valence electrons. The van der Waals surface area contributed by atoms with Crippen LogP contribution in [0.15, 0.2) is 18.2 Å². The maximum atomic E-state index is 13.9. The molecule has 1 aliphatic heterocycles. The summed E-state index contributed by atoms with van der Waals surface area (Å²) in [5, 5.41) is 2.18. The number of nitrogens with one attached hydrogen (secondary N) is 1. The van der Waals surface area contributed by atoms with Crippen molar-refractivity contribution in [3.63, 3.8) is 0 Å². The van der Waals surface area contributed by atoms with Gasteiger partial charge in [0, 0.05) is 12.0 Å². The van der Waals surface area contributed by atoms with Crippen LogP contribution in [0.2, 0.25) is 0 Å². The third-order valence-corrected chi connectivity index (χ3v) is 3.02. The maximum absolute atomic E-state index is 13.9. The summed E-state index contributed by atoms with van der Waals surface area (Å²) >= 11 is 0. The van der Waals surface area contributed by atoms with E-state index in [1.165, 1.54) is 26.2 Å². The summed E-state index contributed by atoms with van der Waals surface area (Å²) < 4.78 is 18.9. The van der Waals surface area contributed by atoms with Gasteiger partial charge in [-0.1, -0.05) is 6.07 Å². The van der Waals surface area contributed by atoms with E-state index >= 15 is 0 Å². The zero-order chi connectivity index (χ0) is 12.6. The van der Waals surface area contributed by atoms with Crippen molar-refractivity contribution in [3.8, 4) is 5.75 Å². The highest BCUT2D eigenvalue weighted by molar-refractivity contribution is 6.09. The Morgan fingerprint density at radius 2 is 2.12 bits per heavy atom. The molecule has 1 saturated heterocycles. The van der Waals surface area contributed by atoms with Crippen LogP contribution in [-0.4, -0.2) is 18.9 Å². The van der Waals surface area contributed by atoms with Gasteiger partial charge in [0.05, 0.1) is 12.5 Å². The highest BCUT2D eigenvalue weighted by Crippen LogP contribution is 2.39. The molecule has 5 heteroatoms. The van der Waals surface area contributed by atoms with Crippen LogP contribution in [0, 0.1) is 5.82 Å². The van der Waals surface area contributed by atoms with Gasteiger partial charge in [-0.05, 0) is 19.1 Å². The van der Waals surface area contributed by atoms with Gasteiger partial charge in [0.1, 0.15) is 11.6 Å². The lowest BCUT2D eigenvalue weighted by molar-refractivity contribution is -0.126. The molecule has 0 bridgehead atoms. The number of hydrogen-bond acceptors (Lipinski definition) is 3. The number of halogens is 1. The van der Waals surface area contributed by atoms with Gasteiger partial charge in [-0.2, -0.15) is 0 Å². The molecule has 1 N–H and O–H groups in total. The topological polar surface area (TPSA) is 55.4 Å². The van der Waals surface area contributed by atoms with E-state index in [0.29, 0.717) is 0 Å². The van der Waals surface area contributed by atoms with Crippen LogP contribution >= 0.6 is 0 Å². The first-order valence-corrected chi connectivity index (χ1v) is 5.16. The number of imide groups is 1. The van der Waals surface area contributed by atoms with Gasteiger partial charge >= 0.3 is 0 Å². The number of hydrogen-bond donors (Lipinski definition) is 1. The van der Waals surface area contributed by atoms with E-state index in [2.05, 4.69) is 5.32 Å². The Morgan fingerprint density at radius 3 is 2.65 bits per heavy atom. The Kier molecular flexibility index (Phi) is 2.61. The molecule has 0 saturated carbocycles. The number of benzene rings is 1. The van der Waals surface area contributed by atoms with Crippen LogP contribution < -0.4 is 10.1 Å². The Morgan fingerprint density at radius 1 is 1.41 bits per heavy atom. The van der Waals surface area contributed by atoms with Gasteiger partial charge in [0.25, 0.3) is 0 Å². The van der Waals surface area contributed by atoms with Crippen molar-refractivity contribution in [1.29, 1.82) is 0 Å². The lowest BCUT2D eigenvalue weighted by Gasteiger charge is -2.23. The molecule has 1 fully saturated rings. The maximum Gasteiger partial charge on any atom is 0.237 e. The first-order valence-electron chi connectivity index (χ1n) is 5.16. The summed E-state index contributed by atoms with van der Waals surface area (Å²) in [4.78, 5) is 23.0. The van der Waals surface area contributed by atoms with Crippen LogP contribution in [0.25, 0.3) is 0 Å². The number of amides is 2. The van der Waals surface area contributed by atoms with Crippen LogP contribution in [0.5, 0.6) is 5.75 Å². The number of ether oxygens (including phenoxy) is 1. The van der Waals surface area contributed by atoms with E-state index in [-0.39, 0.29) is 17.7 Å². The molecule has 1 aliphatic rings. The summed E-state index contributed by atoms with van der Waals surface area (Å²) in [6.45, 7) is 1.54. The Balaban J connectivity index is 2.60. The van der Waals surface area contributed by atoms with Crippen LogP contribution in [0.4, 0.5) is 4.39 Å². The molecule has 1 atom stereocenters. The van der Waals surface area contributed by atoms with E-state index in [9.17, 15) is 14.0 Å². The van der Waals surface area contributed by atoms with Crippen molar-refractivity contribution in [2.24, 2.45) is 0 Å². The molecule has 2 amide bonds. The zero-order valence-electron chi connectivity index (χ0n) is 9.54. The molecule has 1 aromatic carbocycles. The van der Waals surface area contributed by atoms with Gasteiger partial charge in [-0.3, -0.25) is 14.9 Å². The Labute approximate surface area is 97.8 Å². The van der Waals surface area contributed by atoms with Crippen molar-refractivity contribution < 1.29 is 18.7 Å². The number of carbonyl (C=O) groups excluding carboxylic acids is 2. The van der Waals surface area contributed by atoms with Gasteiger partial charge < -0.3 is 4.74 Å². The first kappa shape index (κ1) is 11.6. The second kappa shape index (κ2) is 3.84. The molecular weight excluding hydrogens is 225 g/mol. The van der Waals surface area contributed by atoms with Gasteiger partial charge in [0.2, 0.25) is 11.8 Å². The lowest BCUT2D eigenvalue weighted by Crippen LogP contribution is -2.33. The van der Waals surface area contributed by atoms with E-state index < -0.39 is 23.0 Å². The highest BCUT2D eigenvalue weighted by atomic mass is 19.1. The Bertz CT molecular complexity index is 501. The molecule has 17 heavy (non-hydrogen) atoms. The van der Waals surface area contributed by atoms with E-state index in [1.54, 1.807) is 6.07 Å². The summed E-state index contributed by atoms with van der Waals surface area (Å²) in [7, 11) is 1.40. The van der Waals surface area contributed by atoms with Crippen molar-refractivity contribution >= 4 is 11.8 Å². The van der Waals surface area contributed by atoms with Gasteiger partial charge in [-0.15, -0.1) is 0 Å². The molecule has 1 aromatic rings. The summed E-state index contributed by atoms with van der Waals surface area (Å²) in [5.74, 6) is -1.16. The molecule has 1 unspecified atom stereocenters. The highest BCUT2D eigenvalue weighted by Gasteiger charge is 2.47. The standard InChI is InChI=1S/C12H12FNO3/c1-12(6-9(15)14-11(12)16)10-7(13)4-3-5-8(10)17-2/h3-5H,6H2,1-2H3,(H,14,15,16). The van der Waals surface area contributed by atoms with E-state index in [0.717, 1.165) is 0 Å². The molecule has 0 aliphatic carbocycles. The molecule has 4 nitrogen and oxygen atoms in total. The fourth-order valence-corrected chi connectivity index (χ4v) is 2.12. The summed E-state index contributed by atoms with van der Waals surface area (Å²) in [6, 6.07) is 4.31. The van der Waals surface area contributed by atoms with Crippen molar-refractivity contribution in [1.82, 2.24) is 5.32 Å². The molecule has 0 spiro atoms. The van der Waals surface area contributed by atoms with Crippen molar-refractivity contribution in [2.45, 2.75) is 18.8 Å². The van der Waals surface area contributed by atoms with Crippen LogP contribution in [0.3, 0.4) is 0 Å². The van der Waals surface area contributed by atoms with Crippen LogP contribution in [0.1, 0.15) is 18.9 Å². The zero-order valence-corrected chi connectivity index (χ0v) is 9.54. The minimum Gasteiger partial charge on any atom is -0.496 e. The largest absolute Gasteiger partial charge is 0.496 e. The number of methoxy groups -OCH3 is 1. The summed E-state index contributed by atoms with van der Waals surface area (Å²) in [6.07, 6.45) is -0.0663. The second-order valence-corrected chi connectivity index (χ2v) is 4.20. The molecular formula is C12H12FNO3. The van der Waals surface area contributed by atoms with Gasteiger partial charge in [0.15, 0.2) is 0 Å². The van der Waals surface area contributed by atoms with Gasteiger partial charge in [-0.25, -0.2) is 4.39 Å². The number of carbonyl (C=O) groups is 2. The van der Waals surface area contributed by atoms with Crippen molar-refractivity contribution in [3.05, 3.63) is 29.6 Å². The predicted octanol–water partition coefficient (Wildman–Crippen LogP) is 1.14. The molecule has 0 radical (unpaired) electrons. The smallest absolute Gasteiger partial charge is 0.237 e. The van der Waals surface area contributed by atoms with E-state index in [1.807, 2.05) is 0 Å². The van der Waals surface area contributed by atoms with E-state index in [4.69, 9.17) is 4.74 Å². The second-order valence-electron chi connectivity index (χ2n) is 4.20. The minimum absolute atomic E-state index is 0.0663. The normalized spacial score (nSPS) is 23.7. The third kappa shape index (κ3) is 1.67. The predicted molar refractivity (Wildman–Crippen MR) is 58.1 cm³/mol. The quantitative estimate of drug-likeness (QED) is 0.785. The molecule has 0 aromatic heterocycles. The molecule has 1 heterocycles. The third-order valence-electron chi connectivity index (χ3n) is 3.02. The fraction of sp³-hybridized carbons (Fsp3) is 0.333. The minimum atomic E-state index is -1.20. The van der Waals surface area contributed by atoms with Crippen molar-refractivity contribution in [2.75, 3.05) is 7.11 Å². The lowest BCUT2D eigenvalue weighted by atomic mass is 9.80. The fourth-order valence-electron chi connectivity index (χ4n) is 2.12. The number of rotatable bonds is 2.